The predicted molar refractivity (Wildman–Crippen MR) is 73.3 cm³/mol. The van der Waals surface area contributed by atoms with E-state index in [2.05, 4.69) is 0 Å². The number of amides is 1. The second-order valence-corrected chi connectivity index (χ2v) is 5.87. The maximum Gasteiger partial charge on any atom is 0.251 e. The highest BCUT2D eigenvalue weighted by Gasteiger charge is 2.44. The molecule has 5 nitrogen and oxygen atoms in total. The summed E-state index contributed by atoms with van der Waals surface area (Å²) in [6.07, 6.45) is 3.72. The average molecular weight is 291 g/mol. The smallest absolute Gasteiger partial charge is 0.251 e. The van der Waals surface area contributed by atoms with E-state index >= 15 is 0 Å². The third-order valence-electron chi connectivity index (χ3n) is 4.58. The fourth-order valence-electron chi connectivity index (χ4n) is 3.36. The summed E-state index contributed by atoms with van der Waals surface area (Å²) in [5.41, 5.74) is 5.82. The van der Waals surface area contributed by atoms with Crippen LogP contribution in [0.4, 0.5) is 0 Å². The van der Waals surface area contributed by atoms with Crippen LogP contribution in [0.1, 0.15) is 25.7 Å². The summed E-state index contributed by atoms with van der Waals surface area (Å²) >= 11 is 0. The Hall–Kier alpha value is -0.360. The second kappa shape index (κ2) is 5.95. The van der Waals surface area contributed by atoms with E-state index in [0.29, 0.717) is 6.54 Å². The van der Waals surface area contributed by atoms with Gasteiger partial charge in [0.15, 0.2) is 0 Å². The summed E-state index contributed by atoms with van der Waals surface area (Å²) in [4.78, 5) is 14.3. The van der Waals surface area contributed by atoms with Gasteiger partial charge in [-0.15, -0.1) is 12.4 Å². The van der Waals surface area contributed by atoms with E-state index in [1.165, 1.54) is 0 Å². The normalized spacial score (nSPS) is 37.8. The van der Waals surface area contributed by atoms with Crippen molar-refractivity contribution in [3.05, 3.63) is 0 Å². The van der Waals surface area contributed by atoms with E-state index in [1.54, 1.807) is 0 Å². The van der Waals surface area contributed by atoms with Crippen LogP contribution in [0.25, 0.3) is 0 Å². The molecule has 3 aliphatic heterocycles. The first-order chi connectivity index (χ1) is 8.72. The molecule has 3 heterocycles. The average Bonchev–Trinajstić information content (AvgIpc) is 3.11. The number of halogens is 1. The molecule has 3 atom stereocenters. The van der Waals surface area contributed by atoms with E-state index in [1.807, 2.05) is 4.90 Å². The van der Waals surface area contributed by atoms with Crippen LogP contribution < -0.4 is 5.73 Å². The van der Waals surface area contributed by atoms with Crippen LogP contribution in [-0.4, -0.2) is 55.9 Å². The zero-order valence-electron chi connectivity index (χ0n) is 11.2. The highest BCUT2D eigenvalue weighted by atomic mass is 35.5. The number of ether oxygens (including phenoxy) is 2. The van der Waals surface area contributed by atoms with Crippen molar-refractivity contribution >= 4 is 18.3 Å². The van der Waals surface area contributed by atoms with E-state index in [9.17, 15) is 4.79 Å². The molecule has 0 aromatic carbocycles. The van der Waals surface area contributed by atoms with Crippen LogP contribution in [0.5, 0.6) is 0 Å². The summed E-state index contributed by atoms with van der Waals surface area (Å²) in [6, 6.07) is 0. The Labute approximate surface area is 120 Å². The van der Waals surface area contributed by atoms with Crippen molar-refractivity contribution in [2.45, 2.75) is 37.9 Å². The van der Waals surface area contributed by atoms with Gasteiger partial charge in [0.2, 0.25) is 0 Å². The van der Waals surface area contributed by atoms with E-state index in [4.69, 9.17) is 15.2 Å². The molecule has 0 aliphatic carbocycles. The third-order valence-corrected chi connectivity index (χ3v) is 4.58. The SMILES string of the molecule is Cl.NC[C@H]1CC[C@@H](C(=O)N2CCC3(CCOC3)C2)O1. The van der Waals surface area contributed by atoms with Crippen LogP contribution in [0.3, 0.4) is 0 Å². The molecule has 0 aromatic heterocycles. The molecule has 2 N–H and O–H groups in total. The lowest BCUT2D eigenvalue weighted by molar-refractivity contribution is -0.142. The number of rotatable bonds is 2. The lowest BCUT2D eigenvalue weighted by Gasteiger charge is -2.24. The van der Waals surface area contributed by atoms with Gasteiger partial charge in [-0.2, -0.15) is 0 Å². The third kappa shape index (κ3) is 2.89. The Morgan fingerprint density at radius 1 is 1.37 bits per heavy atom. The molecule has 3 fully saturated rings. The minimum atomic E-state index is -0.254. The van der Waals surface area contributed by atoms with E-state index in [-0.39, 0.29) is 35.9 Å². The molecule has 3 aliphatic rings. The topological polar surface area (TPSA) is 64.8 Å². The molecular weight excluding hydrogens is 268 g/mol. The number of hydrogen-bond donors (Lipinski definition) is 1. The van der Waals surface area contributed by atoms with Gasteiger partial charge in [-0.3, -0.25) is 4.79 Å². The predicted octanol–water partition coefficient (Wildman–Crippen LogP) is 0.553. The van der Waals surface area contributed by atoms with Gasteiger partial charge in [-0.1, -0.05) is 0 Å². The number of hydrogen-bond acceptors (Lipinski definition) is 4. The molecule has 1 unspecified atom stereocenters. The van der Waals surface area contributed by atoms with Crippen LogP contribution in [0.2, 0.25) is 0 Å². The second-order valence-electron chi connectivity index (χ2n) is 5.87. The summed E-state index contributed by atoms with van der Waals surface area (Å²) < 4.78 is 11.2. The van der Waals surface area contributed by atoms with Gasteiger partial charge >= 0.3 is 0 Å². The number of likely N-dealkylation sites (tertiary alicyclic amines) is 1. The molecule has 19 heavy (non-hydrogen) atoms. The van der Waals surface area contributed by atoms with Gasteiger partial charge in [0.25, 0.3) is 5.91 Å². The highest BCUT2D eigenvalue weighted by molar-refractivity contribution is 5.85. The summed E-state index contributed by atoms with van der Waals surface area (Å²) in [6.45, 7) is 3.88. The van der Waals surface area contributed by atoms with Gasteiger partial charge in [-0.05, 0) is 25.7 Å². The quantitative estimate of drug-likeness (QED) is 0.807. The van der Waals surface area contributed by atoms with Gasteiger partial charge in [-0.25, -0.2) is 0 Å². The van der Waals surface area contributed by atoms with Crippen LogP contribution >= 0.6 is 12.4 Å². The lowest BCUT2D eigenvalue weighted by Crippen LogP contribution is -2.39. The zero-order chi connectivity index (χ0) is 12.6. The lowest BCUT2D eigenvalue weighted by atomic mass is 9.87. The number of nitrogens with two attached hydrogens (primary N) is 1. The van der Waals surface area contributed by atoms with E-state index in [0.717, 1.165) is 52.0 Å². The van der Waals surface area contributed by atoms with E-state index < -0.39 is 0 Å². The largest absolute Gasteiger partial charge is 0.381 e. The Morgan fingerprint density at radius 2 is 2.21 bits per heavy atom. The van der Waals surface area contributed by atoms with Crippen molar-refractivity contribution in [2.24, 2.45) is 11.1 Å². The first-order valence-corrected chi connectivity index (χ1v) is 6.94. The number of carbonyl (C=O) groups excluding carboxylic acids is 1. The van der Waals surface area contributed by atoms with Crippen molar-refractivity contribution in [3.8, 4) is 0 Å². The number of carbonyl (C=O) groups is 1. The highest BCUT2D eigenvalue weighted by Crippen LogP contribution is 2.38. The monoisotopic (exact) mass is 290 g/mol. The Bertz CT molecular complexity index is 334. The van der Waals surface area contributed by atoms with Crippen molar-refractivity contribution in [3.63, 3.8) is 0 Å². The van der Waals surface area contributed by atoms with Crippen molar-refractivity contribution in [2.75, 3.05) is 32.8 Å². The molecule has 1 spiro atoms. The fourth-order valence-corrected chi connectivity index (χ4v) is 3.36. The first kappa shape index (κ1) is 15.0. The zero-order valence-corrected chi connectivity index (χ0v) is 12.0. The van der Waals surface area contributed by atoms with Crippen molar-refractivity contribution in [1.82, 2.24) is 4.90 Å². The Kier molecular flexibility index (Phi) is 4.71. The Balaban J connectivity index is 0.00000133. The molecule has 6 heteroatoms. The van der Waals surface area contributed by atoms with Crippen molar-refractivity contribution in [1.29, 1.82) is 0 Å². The van der Waals surface area contributed by atoms with Crippen LogP contribution in [0.15, 0.2) is 0 Å². The maximum atomic E-state index is 12.4. The molecule has 0 radical (unpaired) electrons. The standard InChI is InChI=1S/C13H22N2O3.ClH/c14-7-10-1-2-11(18-10)12(16)15-5-3-13(8-15)4-6-17-9-13;/h10-11H,1-9,14H2;1H/t10-,11+,13?;/m1./s1. The van der Waals surface area contributed by atoms with Gasteiger partial charge < -0.3 is 20.1 Å². The fraction of sp³-hybridized carbons (Fsp3) is 0.923. The Morgan fingerprint density at radius 3 is 2.84 bits per heavy atom. The molecule has 0 bridgehead atoms. The van der Waals surface area contributed by atoms with Crippen LogP contribution in [0, 0.1) is 5.41 Å². The van der Waals surface area contributed by atoms with Gasteiger partial charge in [0.05, 0.1) is 12.7 Å². The van der Waals surface area contributed by atoms with Gasteiger partial charge in [0, 0.05) is 31.7 Å². The summed E-state index contributed by atoms with van der Waals surface area (Å²) in [7, 11) is 0. The summed E-state index contributed by atoms with van der Waals surface area (Å²) in [5, 5.41) is 0. The summed E-state index contributed by atoms with van der Waals surface area (Å²) in [5.74, 6) is 0.162. The first-order valence-electron chi connectivity index (χ1n) is 6.94. The molecule has 3 saturated heterocycles. The molecule has 0 saturated carbocycles. The molecule has 1 amide bonds. The van der Waals surface area contributed by atoms with Crippen molar-refractivity contribution < 1.29 is 14.3 Å². The molecular formula is C13H23ClN2O3. The molecule has 110 valence electrons. The number of nitrogens with zero attached hydrogens (tertiary/aromatic N) is 1. The minimum absolute atomic E-state index is 0. The maximum absolute atomic E-state index is 12.4. The van der Waals surface area contributed by atoms with Gasteiger partial charge in [0.1, 0.15) is 6.10 Å². The molecule has 0 aromatic rings. The minimum Gasteiger partial charge on any atom is -0.381 e. The van der Waals surface area contributed by atoms with Crippen LogP contribution in [-0.2, 0) is 14.3 Å². The molecule has 3 rings (SSSR count).